The summed E-state index contributed by atoms with van der Waals surface area (Å²) < 4.78 is 2.05. The summed E-state index contributed by atoms with van der Waals surface area (Å²) in [5.74, 6) is 0.0651. The van der Waals surface area contributed by atoms with Crippen molar-refractivity contribution in [3.63, 3.8) is 0 Å². The van der Waals surface area contributed by atoms with E-state index in [9.17, 15) is 4.79 Å². The van der Waals surface area contributed by atoms with E-state index < -0.39 is 0 Å². The van der Waals surface area contributed by atoms with Gasteiger partial charge in [-0.2, -0.15) is 0 Å². The highest BCUT2D eigenvalue weighted by Crippen LogP contribution is 2.09. The molecule has 0 N–H and O–H groups in total. The van der Waals surface area contributed by atoms with Crippen LogP contribution in [-0.4, -0.2) is 10.4 Å². The van der Waals surface area contributed by atoms with Crippen LogP contribution >= 0.6 is 0 Å². The first-order valence-corrected chi connectivity index (χ1v) is 7.24. The van der Waals surface area contributed by atoms with Gasteiger partial charge < -0.3 is 4.57 Å². The van der Waals surface area contributed by atoms with Crippen LogP contribution in [0.1, 0.15) is 42.2 Å². The number of allylic oxidation sites excluding steroid dienone is 1. The Morgan fingerprint density at radius 2 is 1.90 bits per heavy atom. The van der Waals surface area contributed by atoms with E-state index in [-0.39, 0.29) is 5.78 Å². The average molecular weight is 267 g/mol. The summed E-state index contributed by atoms with van der Waals surface area (Å²) in [6.45, 7) is 3.10. The molecule has 1 aromatic heterocycles. The molecule has 0 amide bonds. The Hall–Kier alpha value is -2.09. The molecule has 1 aromatic carbocycles. The normalized spacial score (nSPS) is 11.1. The molecular formula is C18H21NO. The molecule has 0 aliphatic carbocycles. The third-order valence-electron chi connectivity index (χ3n) is 3.31. The fourth-order valence-electron chi connectivity index (χ4n) is 2.19. The molecule has 0 unspecified atom stereocenters. The zero-order chi connectivity index (χ0) is 14.2. The Morgan fingerprint density at radius 3 is 2.65 bits per heavy atom. The van der Waals surface area contributed by atoms with E-state index in [0.717, 1.165) is 24.2 Å². The van der Waals surface area contributed by atoms with Crippen LogP contribution in [0.4, 0.5) is 0 Å². The Morgan fingerprint density at radius 1 is 1.10 bits per heavy atom. The summed E-state index contributed by atoms with van der Waals surface area (Å²) in [6.07, 6.45) is 9.02. The molecule has 2 aromatic rings. The fourth-order valence-corrected chi connectivity index (χ4v) is 2.19. The molecule has 0 spiro atoms. The maximum atomic E-state index is 12.2. The number of aryl methyl sites for hydroxylation is 1. The van der Waals surface area contributed by atoms with E-state index in [4.69, 9.17) is 0 Å². The fraction of sp³-hybridized carbons (Fsp3) is 0.278. The lowest BCUT2D eigenvalue weighted by Crippen LogP contribution is -2.06. The molecule has 0 radical (unpaired) electrons. The number of carbonyl (C=O) groups is 1. The number of carbonyl (C=O) groups excluding carboxylic acids is 1. The Kier molecular flexibility index (Phi) is 5.36. The minimum atomic E-state index is 0.0651. The number of nitrogens with zero attached hydrogens (tertiary/aromatic N) is 1. The molecule has 2 rings (SSSR count). The van der Waals surface area contributed by atoms with Crippen molar-refractivity contribution in [2.24, 2.45) is 0 Å². The molecule has 0 saturated heterocycles. The van der Waals surface area contributed by atoms with Crippen molar-refractivity contribution in [1.29, 1.82) is 0 Å². The second kappa shape index (κ2) is 7.49. The predicted octanol–water partition coefficient (Wildman–Crippen LogP) is 4.57. The molecule has 2 nitrogen and oxygen atoms in total. The highest BCUT2D eigenvalue weighted by atomic mass is 16.1. The molecule has 2 heteroatoms. The molecule has 0 saturated carbocycles. The number of ketones is 1. The van der Waals surface area contributed by atoms with Crippen LogP contribution in [0.15, 0.2) is 54.7 Å². The lowest BCUT2D eigenvalue weighted by Gasteiger charge is -2.06. The van der Waals surface area contributed by atoms with Gasteiger partial charge in [-0.05, 0) is 30.2 Å². The van der Waals surface area contributed by atoms with Crippen molar-refractivity contribution in [2.75, 3.05) is 0 Å². The van der Waals surface area contributed by atoms with Crippen LogP contribution in [-0.2, 0) is 6.54 Å². The second-order valence-corrected chi connectivity index (χ2v) is 4.90. The molecular weight excluding hydrogens is 246 g/mol. The summed E-state index contributed by atoms with van der Waals surface area (Å²) in [5.41, 5.74) is 1.82. The van der Waals surface area contributed by atoms with Gasteiger partial charge in [-0.3, -0.25) is 4.79 Å². The molecule has 0 bridgehead atoms. The van der Waals surface area contributed by atoms with E-state index >= 15 is 0 Å². The maximum absolute atomic E-state index is 12.2. The predicted molar refractivity (Wildman–Crippen MR) is 83.8 cm³/mol. The van der Waals surface area contributed by atoms with Crippen molar-refractivity contribution in [1.82, 2.24) is 4.57 Å². The van der Waals surface area contributed by atoms with Gasteiger partial charge in [-0.25, -0.2) is 0 Å². The smallest absolute Gasteiger partial charge is 0.202 e. The SMILES string of the molecule is CCCCCn1cccc1C(=O)/C=C/c1ccccc1. The van der Waals surface area contributed by atoms with Gasteiger partial charge >= 0.3 is 0 Å². The van der Waals surface area contributed by atoms with Gasteiger partial charge in [0.15, 0.2) is 0 Å². The summed E-state index contributed by atoms with van der Waals surface area (Å²) >= 11 is 0. The van der Waals surface area contributed by atoms with Crippen LogP contribution in [0.2, 0.25) is 0 Å². The number of aromatic nitrogens is 1. The van der Waals surface area contributed by atoms with E-state index in [1.165, 1.54) is 12.8 Å². The monoisotopic (exact) mass is 267 g/mol. The van der Waals surface area contributed by atoms with E-state index in [0.29, 0.717) is 0 Å². The molecule has 104 valence electrons. The van der Waals surface area contributed by atoms with E-state index in [1.54, 1.807) is 6.08 Å². The molecule has 20 heavy (non-hydrogen) atoms. The quantitative estimate of drug-likeness (QED) is 0.409. The summed E-state index contributed by atoms with van der Waals surface area (Å²) in [6, 6.07) is 13.7. The van der Waals surface area contributed by atoms with Crippen molar-refractivity contribution in [3.8, 4) is 0 Å². The first-order valence-electron chi connectivity index (χ1n) is 7.24. The van der Waals surface area contributed by atoms with Crippen molar-refractivity contribution in [3.05, 3.63) is 66.0 Å². The summed E-state index contributed by atoms with van der Waals surface area (Å²) in [4.78, 5) is 12.2. The third-order valence-corrected chi connectivity index (χ3v) is 3.31. The Labute approximate surface area is 120 Å². The van der Waals surface area contributed by atoms with Gasteiger partial charge in [0.05, 0.1) is 5.69 Å². The van der Waals surface area contributed by atoms with Crippen LogP contribution in [0.3, 0.4) is 0 Å². The van der Waals surface area contributed by atoms with Crippen molar-refractivity contribution >= 4 is 11.9 Å². The van der Waals surface area contributed by atoms with Gasteiger partial charge in [0.25, 0.3) is 0 Å². The highest BCUT2D eigenvalue weighted by molar-refractivity contribution is 6.05. The van der Waals surface area contributed by atoms with Crippen molar-refractivity contribution < 1.29 is 4.79 Å². The van der Waals surface area contributed by atoms with Gasteiger partial charge in [0.1, 0.15) is 0 Å². The van der Waals surface area contributed by atoms with Gasteiger partial charge in [-0.15, -0.1) is 0 Å². The third kappa shape index (κ3) is 3.95. The minimum Gasteiger partial charge on any atom is -0.345 e. The lowest BCUT2D eigenvalue weighted by molar-refractivity contribution is 0.103. The van der Waals surface area contributed by atoms with Crippen LogP contribution in [0.5, 0.6) is 0 Å². The molecule has 0 aliphatic heterocycles. The average Bonchev–Trinajstić information content (AvgIpc) is 2.95. The highest BCUT2D eigenvalue weighted by Gasteiger charge is 2.07. The topological polar surface area (TPSA) is 22.0 Å². The number of hydrogen-bond acceptors (Lipinski definition) is 1. The Balaban J connectivity index is 2.02. The zero-order valence-corrected chi connectivity index (χ0v) is 12.0. The molecule has 1 heterocycles. The molecule has 0 fully saturated rings. The van der Waals surface area contributed by atoms with Gasteiger partial charge in [0.2, 0.25) is 5.78 Å². The first kappa shape index (κ1) is 14.3. The van der Waals surface area contributed by atoms with E-state index in [2.05, 4.69) is 6.92 Å². The first-order chi connectivity index (χ1) is 9.81. The van der Waals surface area contributed by atoms with E-state index in [1.807, 2.05) is 59.3 Å². The standard InChI is InChI=1S/C18H21NO/c1-2-3-7-14-19-15-8-11-17(19)18(20)13-12-16-9-5-4-6-10-16/h4-6,8-13,15H,2-3,7,14H2,1H3/b13-12+. The largest absolute Gasteiger partial charge is 0.345 e. The lowest BCUT2D eigenvalue weighted by atomic mass is 10.1. The number of hydrogen-bond donors (Lipinski definition) is 0. The van der Waals surface area contributed by atoms with Crippen LogP contribution in [0, 0.1) is 0 Å². The number of rotatable bonds is 7. The molecule has 0 aliphatic rings. The molecule has 0 atom stereocenters. The second-order valence-electron chi connectivity index (χ2n) is 4.90. The minimum absolute atomic E-state index is 0.0651. The van der Waals surface area contributed by atoms with Gasteiger partial charge in [-0.1, -0.05) is 56.2 Å². The summed E-state index contributed by atoms with van der Waals surface area (Å²) in [7, 11) is 0. The maximum Gasteiger partial charge on any atom is 0.202 e. The number of benzene rings is 1. The number of unbranched alkanes of at least 4 members (excludes halogenated alkanes) is 2. The van der Waals surface area contributed by atoms with Gasteiger partial charge in [0, 0.05) is 12.7 Å². The van der Waals surface area contributed by atoms with Crippen molar-refractivity contribution in [2.45, 2.75) is 32.7 Å². The van der Waals surface area contributed by atoms with Crippen LogP contribution in [0.25, 0.3) is 6.08 Å². The van der Waals surface area contributed by atoms with Crippen LogP contribution < -0.4 is 0 Å². The zero-order valence-electron chi connectivity index (χ0n) is 12.0. The Bertz CT molecular complexity index is 566. The summed E-state index contributed by atoms with van der Waals surface area (Å²) in [5, 5.41) is 0.